The van der Waals surface area contributed by atoms with E-state index in [1.165, 1.54) is 4.57 Å². The fourth-order valence-electron chi connectivity index (χ4n) is 3.44. The fraction of sp³-hybridized carbons (Fsp3) is 0.316. The molecule has 2 aromatic heterocycles. The van der Waals surface area contributed by atoms with Gasteiger partial charge in [0.1, 0.15) is 5.82 Å². The summed E-state index contributed by atoms with van der Waals surface area (Å²) in [6, 6.07) is 10.8. The summed E-state index contributed by atoms with van der Waals surface area (Å²) in [5.41, 5.74) is 1.79. The number of pyridine rings is 1. The summed E-state index contributed by atoms with van der Waals surface area (Å²) in [5, 5.41) is 0.416. The molecule has 1 unspecified atom stereocenters. The number of nitrogens with zero attached hydrogens (tertiary/aromatic N) is 3. The molecule has 0 amide bonds. The van der Waals surface area contributed by atoms with Crippen molar-refractivity contribution in [3.8, 4) is 11.3 Å². The number of hydrogen-bond donors (Lipinski definition) is 0. The molecule has 1 aliphatic rings. The van der Waals surface area contributed by atoms with Crippen molar-refractivity contribution in [2.75, 3.05) is 0 Å². The van der Waals surface area contributed by atoms with Crippen LogP contribution < -0.4 is 5.56 Å². The van der Waals surface area contributed by atoms with Crippen LogP contribution in [0.2, 0.25) is 0 Å². The number of benzene rings is 1. The monoisotopic (exact) mass is 359 g/mol. The largest absolute Gasteiger partial charge is 0.391 e. The fourth-order valence-corrected chi connectivity index (χ4v) is 3.44. The van der Waals surface area contributed by atoms with E-state index >= 15 is 0 Å². The molecule has 4 rings (SSSR count). The molecule has 1 aliphatic heterocycles. The van der Waals surface area contributed by atoms with Crippen molar-refractivity contribution in [2.24, 2.45) is 5.92 Å². The van der Waals surface area contributed by atoms with Gasteiger partial charge >= 0.3 is 6.18 Å². The van der Waals surface area contributed by atoms with Crippen molar-refractivity contribution in [1.29, 1.82) is 0 Å². The van der Waals surface area contributed by atoms with Crippen molar-refractivity contribution in [1.82, 2.24) is 14.5 Å². The molecule has 7 heteroatoms. The maximum Gasteiger partial charge on any atom is 0.391 e. The lowest BCUT2D eigenvalue weighted by Gasteiger charge is -2.16. The first-order valence-corrected chi connectivity index (χ1v) is 8.45. The lowest BCUT2D eigenvalue weighted by Crippen LogP contribution is -2.26. The zero-order valence-electron chi connectivity index (χ0n) is 13.8. The van der Waals surface area contributed by atoms with Gasteiger partial charge in [0, 0.05) is 24.7 Å². The SMILES string of the molecule is O=c1c2ccc(-c3ccccn3)cc2nc2n1CCC(C(F)(F)F)CC2. The summed E-state index contributed by atoms with van der Waals surface area (Å²) in [7, 11) is 0. The molecule has 1 atom stereocenters. The third-order valence-corrected chi connectivity index (χ3v) is 4.88. The van der Waals surface area contributed by atoms with Gasteiger partial charge in [0.15, 0.2) is 0 Å². The van der Waals surface area contributed by atoms with Gasteiger partial charge in [0.25, 0.3) is 5.56 Å². The van der Waals surface area contributed by atoms with Crippen molar-refractivity contribution >= 4 is 10.9 Å². The third-order valence-electron chi connectivity index (χ3n) is 4.88. The van der Waals surface area contributed by atoms with E-state index in [-0.39, 0.29) is 31.4 Å². The van der Waals surface area contributed by atoms with E-state index in [0.29, 0.717) is 16.7 Å². The predicted octanol–water partition coefficient (Wildman–Crippen LogP) is 3.97. The van der Waals surface area contributed by atoms with Crippen LogP contribution in [-0.4, -0.2) is 20.7 Å². The van der Waals surface area contributed by atoms with Crippen molar-refractivity contribution < 1.29 is 13.2 Å². The van der Waals surface area contributed by atoms with Crippen LogP contribution in [-0.2, 0) is 13.0 Å². The van der Waals surface area contributed by atoms with Crippen molar-refractivity contribution in [3.63, 3.8) is 0 Å². The van der Waals surface area contributed by atoms with E-state index in [1.807, 2.05) is 18.2 Å². The minimum atomic E-state index is -4.24. The smallest absolute Gasteiger partial charge is 0.296 e. The van der Waals surface area contributed by atoms with Gasteiger partial charge in [-0.05, 0) is 37.1 Å². The number of fused-ring (bicyclic) bond motifs is 2. The minimum Gasteiger partial charge on any atom is -0.296 e. The molecule has 4 nitrogen and oxygen atoms in total. The molecule has 0 saturated carbocycles. The normalized spacial score (nSPS) is 17.7. The van der Waals surface area contributed by atoms with Gasteiger partial charge in [-0.15, -0.1) is 0 Å². The van der Waals surface area contributed by atoms with Gasteiger partial charge in [-0.1, -0.05) is 12.1 Å². The standard InChI is InChI=1S/C19H16F3N3O/c20-19(21,22)13-5-7-17-24-16-11-12(15-3-1-2-9-23-15)4-6-14(16)18(26)25(17)10-8-13/h1-4,6,9,11,13H,5,7-8,10H2. The van der Waals surface area contributed by atoms with E-state index in [4.69, 9.17) is 0 Å². The summed E-state index contributed by atoms with van der Waals surface area (Å²) in [4.78, 5) is 21.5. The molecule has 0 bridgehead atoms. The maximum absolute atomic E-state index is 13.0. The molecule has 0 saturated heterocycles. The van der Waals surface area contributed by atoms with Crippen LogP contribution in [0.3, 0.4) is 0 Å². The van der Waals surface area contributed by atoms with Gasteiger partial charge in [-0.3, -0.25) is 14.3 Å². The molecule has 0 spiro atoms. The van der Waals surface area contributed by atoms with Crippen LogP contribution in [0.15, 0.2) is 47.4 Å². The van der Waals surface area contributed by atoms with Gasteiger partial charge in [0.2, 0.25) is 0 Å². The lowest BCUT2D eigenvalue weighted by atomic mass is 10.00. The predicted molar refractivity (Wildman–Crippen MR) is 91.7 cm³/mol. The zero-order valence-corrected chi connectivity index (χ0v) is 13.8. The Kier molecular flexibility index (Phi) is 4.01. The first kappa shape index (κ1) is 16.8. The lowest BCUT2D eigenvalue weighted by molar-refractivity contribution is -0.177. The zero-order chi connectivity index (χ0) is 18.3. The molecule has 0 fully saturated rings. The molecule has 3 heterocycles. The Bertz CT molecular complexity index is 1010. The average molecular weight is 359 g/mol. The summed E-state index contributed by atoms with van der Waals surface area (Å²) in [6.45, 7) is 0.0449. The molecule has 3 aromatic rings. The summed E-state index contributed by atoms with van der Waals surface area (Å²) < 4.78 is 40.5. The Hall–Kier alpha value is -2.70. The summed E-state index contributed by atoms with van der Waals surface area (Å²) >= 11 is 0. The topological polar surface area (TPSA) is 47.8 Å². The second kappa shape index (κ2) is 6.23. The highest BCUT2D eigenvalue weighted by atomic mass is 19.4. The Morgan fingerprint density at radius 3 is 2.69 bits per heavy atom. The molecule has 26 heavy (non-hydrogen) atoms. The number of alkyl halides is 3. The Balaban J connectivity index is 1.79. The highest BCUT2D eigenvalue weighted by Gasteiger charge is 2.40. The molecule has 0 aliphatic carbocycles. The molecular formula is C19H16F3N3O. The van der Waals surface area contributed by atoms with Crippen molar-refractivity contribution in [2.45, 2.75) is 32.0 Å². The van der Waals surface area contributed by atoms with Crippen LogP contribution in [0.25, 0.3) is 22.2 Å². The van der Waals surface area contributed by atoms with Crippen LogP contribution in [0.1, 0.15) is 18.7 Å². The maximum atomic E-state index is 13.0. The van der Waals surface area contributed by atoms with Crippen LogP contribution in [0, 0.1) is 5.92 Å². The molecule has 0 N–H and O–H groups in total. The second-order valence-corrected chi connectivity index (χ2v) is 6.50. The second-order valence-electron chi connectivity index (χ2n) is 6.50. The highest BCUT2D eigenvalue weighted by molar-refractivity contribution is 5.83. The van der Waals surface area contributed by atoms with Gasteiger partial charge in [-0.2, -0.15) is 13.2 Å². The Morgan fingerprint density at radius 1 is 1.12 bits per heavy atom. The number of rotatable bonds is 1. The van der Waals surface area contributed by atoms with Gasteiger partial charge in [0.05, 0.1) is 22.5 Å². The van der Waals surface area contributed by atoms with Crippen molar-refractivity contribution in [3.05, 3.63) is 58.8 Å². The average Bonchev–Trinajstić information content (AvgIpc) is 2.85. The van der Waals surface area contributed by atoms with E-state index in [9.17, 15) is 18.0 Å². The highest BCUT2D eigenvalue weighted by Crippen LogP contribution is 2.34. The number of hydrogen-bond acceptors (Lipinski definition) is 3. The number of halogens is 3. The minimum absolute atomic E-state index is 0.0403. The van der Waals surface area contributed by atoms with E-state index in [0.717, 1.165) is 11.3 Å². The molecule has 134 valence electrons. The quantitative estimate of drug-likeness (QED) is 0.660. The van der Waals surface area contributed by atoms with Gasteiger partial charge in [-0.25, -0.2) is 4.98 Å². The first-order valence-electron chi connectivity index (χ1n) is 8.45. The van der Waals surface area contributed by atoms with E-state index < -0.39 is 12.1 Å². The Morgan fingerprint density at radius 2 is 1.96 bits per heavy atom. The van der Waals surface area contributed by atoms with E-state index in [2.05, 4.69) is 9.97 Å². The van der Waals surface area contributed by atoms with Crippen LogP contribution >= 0.6 is 0 Å². The van der Waals surface area contributed by atoms with Crippen LogP contribution in [0.4, 0.5) is 13.2 Å². The first-order chi connectivity index (χ1) is 12.4. The van der Waals surface area contributed by atoms with Gasteiger partial charge < -0.3 is 0 Å². The molecule has 1 aromatic carbocycles. The molecular weight excluding hydrogens is 343 g/mol. The summed E-state index contributed by atoms with van der Waals surface area (Å²) in [5.74, 6) is -0.969. The number of aromatic nitrogens is 3. The third kappa shape index (κ3) is 2.98. The number of aryl methyl sites for hydroxylation is 1. The molecule has 0 radical (unpaired) electrons. The summed E-state index contributed by atoms with van der Waals surface area (Å²) in [6.07, 6.45) is -2.55. The van der Waals surface area contributed by atoms with Crippen LogP contribution in [0.5, 0.6) is 0 Å². The van der Waals surface area contributed by atoms with E-state index in [1.54, 1.807) is 24.4 Å². The Labute approximate surface area is 147 Å².